The largest absolute Gasteiger partial charge is 0.370 e. The lowest BCUT2D eigenvalue weighted by Crippen LogP contribution is -2.33. The number of nitrogens with two attached hydrogens (primary N) is 2. The molecule has 0 atom stereocenters. The second kappa shape index (κ2) is 6.66. The van der Waals surface area contributed by atoms with Crippen LogP contribution in [0.15, 0.2) is 41.9 Å². The molecule has 5 N–H and O–H groups in total. The van der Waals surface area contributed by atoms with Crippen LogP contribution in [0.25, 0.3) is 0 Å². The Kier molecular flexibility index (Phi) is 5.20. The first-order valence-electron chi connectivity index (χ1n) is 5.31. The van der Waals surface area contributed by atoms with Crippen LogP contribution in [0.5, 0.6) is 0 Å². The van der Waals surface area contributed by atoms with Crippen LogP contribution in [0.3, 0.4) is 0 Å². The lowest BCUT2D eigenvalue weighted by Gasteiger charge is -2.21. The van der Waals surface area contributed by atoms with Crippen molar-refractivity contribution < 1.29 is 0 Å². The van der Waals surface area contributed by atoms with Gasteiger partial charge < -0.3 is 16.4 Å². The third kappa shape index (κ3) is 4.47. The van der Waals surface area contributed by atoms with Gasteiger partial charge in [-0.25, -0.2) is 0 Å². The molecular weight excluding hydrogens is 250 g/mol. The Morgan fingerprint density at radius 3 is 2.50 bits per heavy atom. The average molecular weight is 266 g/mol. The van der Waals surface area contributed by atoms with Crippen molar-refractivity contribution in [2.75, 3.05) is 6.54 Å². The number of hydrogen-bond donors (Lipinski definition) is 3. The van der Waals surface area contributed by atoms with Gasteiger partial charge in [-0.15, -0.1) is 6.58 Å². The van der Waals surface area contributed by atoms with Crippen molar-refractivity contribution in [3.63, 3.8) is 0 Å². The molecule has 0 spiro atoms. The molecule has 0 aliphatic rings. The van der Waals surface area contributed by atoms with Crippen molar-refractivity contribution in [2.24, 2.45) is 16.5 Å². The van der Waals surface area contributed by atoms with E-state index in [0.29, 0.717) is 18.1 Å². The quantitative estimate of drug-likeness (QED) is 0.438. The Morgan fingerprint density at radius 1 is 1.39 bits per heavy atom. The highest BCUT2D eigenvalue weighted by molar-refractivity contribution is 6.30. The zero-order chi connectivity index (χ0) is 13.5. The monoisotopic (exact) mass is 265 g/mol. The molecule has 0 aliphatic carbocycles. The van der Waals surface area contributed by atoms with E-state index in [-0.39, 0.29) is 11.9 Å². The van der Waals surface area contributed by atoms with Crippen LogP contribution in [-0.4, -0.2) is 23.4 Å². The second-order valence-corrected chi connectivity index (χ2v) is 4.09. The first-order chi connectivity index (χ1) is 8.52. The zero-order valence-electron chi connectivity index (χ0n) is 9.94. The molecule has 0 aliphatic heterocycles. The van der Waals surface area contributed by atoms with E-state index in [1.165, 1.54) is 0 Å². The molecule has 5 nitrogen and oxygen atoms in total. The average Bonchev–Trinajstić information content (AvgIpc) is 2.30. The maximum absolute atomic E-state index is 7.78. The highest BCUT2D eigenvalue weighted by Crippen LogP contribution is 2.11. The Morgan fingerprint density at radius 2 is 2.00 bits per heavy atom. The molecule has 0 aromatic heterocycles. The van der Waals surface area contributed by atoms with Crippen LogP contribution in [0.4, 0.5) is 0 Å². The summed E-state index contributed by atoms with van der Waals surface area (Å²) >= 11 is 5.81. The van der Waals surface area contributed by atoms with E-state index in [0.717, 1.165) is 5.56 Å². The molecule has 1 aromatic rings. The molecule has 0 saturated carbocycles. The maximum Gasteiger partial charge on any atom is 0.221 e. The summed E-state index contributed by atoms with van der Waals surface area (Å²) in [5.41, 5.74) is 11.5. The van der Waals surface area contributed by atoms with Gasteiger partial charge in [0.1, 0.15) is 0 Å². The molecule has 0 saturated heterocycles. The molecule has 96 valence electrons. The fraction of sp³-hybridized carbons (Fsp3) is 0.167. The first-order valence-corrected chi connectivity index (χ1v) is 5.69. The first kappa shape index (κ1) is 14.1. The number of halogens is 1. The maximum atomic E-state index is 7.78. The van der Waals surface area contributed by atoms with E-state index in [1.54, 1.807) is 23.1 Å². The minimum absolute atomic E-state index is 0.00449. The predicted molar refractivity (Wildman–Crippen MR) is 75.6 cm³/mol. The highest BCUT2D eigenvalue weighted by atomic mass is 35.5. The van der Waals surface area contributed by atoms with Gasteiger partial charge in [-0.05, 0) is 17.7 Å². The molecule has 0 fully saturated rings. The van der Waals surface area contributed by atoms with Gasteiger partial charge in [-0.2, -0.15) is 4.99 Å². The van der Waals surface area contributed by atoms with Gasteiger partial charge in [0.2, 0.25) is 5.96 Å². The Bertz CT molecular complexity index is 448. The summed E-state index contributed by atoms with van der Waals surface area (Å²) in [7, 11) is 0. The van der Waals surface area contributed by atoms with Crippen LogP contribution >= 0.6 is 11.6 Å². The summed E-state index contributed by atoms with van der Waals surface area (Å²) < 4.78 is 0. The summed E-state index contributed by atoms with van der Waals surface area (Å²) in [6.07, 6.45) is 1.69. The van der Waals surface area contributed by atoms with Crippen molar-refractivity contribution in [3.05, 3.63) is 47.5 Å². The molecule has 0 bridgehead atoms. The summed E-state index contributed by atoms with van der Waals surface area (Å²) in [5.74, 6) is -0.130. The van der Waals surface area contributed by atoms with Gasteiger partial charge in [0.05, 0.1) is 0 Å². The van der Waals surface area contributed by atoms with Gasteiger partial charge >= 0.3 is 0 Å². The van der Waals surface area contributed by atoms with Gasteiger partial charge in [0, 0.05) is 18.1 Å². The van der Waals surface area contributed by atoms with Crippen molar-refractivity contribution in [1.29, 1.82) is 5.41 Å². The van der Waals surface area contributed by atoms with E-state index in [2.05, 4.69) is 11.6 Å². The Balaban J connectivity index is 2.80. The summed E-state index contributed by atoms with van der Waals surface area (Å²) in [6.45, 7) is 4.64. The molecule has 0 radical (unpaired) electrons. The van der Waals surface area contributed by atoms with E-state index < -0.39 is 0 Å². The molecule has 1 aromatic carbocycles. The van der Waals surface area contributed by atoms with E-state index >= 15 is 0 Å². The molecule has 18 heavy (non-hydrogen) atoms. The number of nitrogens with zero attached hydrogens (tertiary/aromatic N) is 2. The second-order valence-electron chi connectivity index (χ2n) is 3.66. The third-order valence-corrected chi connectivity index (χ3v) is 2.42. The van der Waals surface area contributed by atoms with Crippen LogP contribution in [0, 0.1) is 5.41 Å². The topological polar surface area (TPSA) is 91.5 Å². The lowest BCUT2D eigenvalue weighted by molar-refractivity contribution is 0.448. The number of benzene rings is 1. The lowest BCUT2D eigenvalue weighted by atomic mass is 10.2. The third-order valence-electron chi connectivity index (χ3n) is 2.17. The number of hydrogen-bond acceptors (Lipinski definition) is 1. The summed E-state index contributed by atoms with van der Waals surface area (Å²) in [6, 6.07) is 7.38. The SMILES string of the molecule is C=CCN(Cc1ccc(Cl)cc1)C(=N)N=C(N)N. The molecular formula is C12H16ClN5. The number of rotatable bonds is 4. The van der Waals surface area contributed by atoms with Crippen molar-refractivity contribution in [2.45, 2.75) is 6.54 Å². The highest BCUT2D eigenvalue weighted by Gasteiger charge is 2.08. The van der Waals surface area contributed by atoms with Crippen LogP contribution in [0.2, 0.25) is 5.02 Å². The van der Waals surface area contributed by atoms with Gasteiger partial charge in [0.25, 0.3) is 0 Å². The van der Waals surface area contributed by atoms with E-state index in [1.807, 2.05) is 12.1 Å². The van der Waals surface area contributed by atoms with Crippen molar-refractivity contribution in [1.82, 2.24) is 4.90 Å². The Hall–Kier alpha value is -2.01. The number of guanidine groups is 2. The van der Waals surface area contributed by atoms with E-state index in [4.69, 9.17) is 28.5 Å². The van der Waals surface area contributed by atoms with Gasteiger partial charge in [-0.1, -0.05) is 29.8 Å². The van der Waals surface area contributed by atoms with E-state index in [9.17, 15) is 0 Å². The fourth-order valence-electron chi connectivity index (χ4n) is 1.38. The zero-order valence-corrected chi connectivity index (χ0v) is 10.7. The minimum Gasteiger partial charge on any atom is -0.370 e. The van der Waals surface area contributed by atoms with Crippen molar-refractivity contribution >= 4 is 23.5 Å². The normalized spacial score (nSPS) is 9.61. The number of aliphatic imine (C=N–C) groups is 1. The molecule has 0 amide bonds. The van der Waals surface area contributed by atoms with Crippen LogP contribution < -0.4 is 11.5 Å². The smallest absolute Gasteiger partial charge is 0.221 e. The van der Waals surface area contributed by atoms with Gasteiger partial charge in [0.15, 0.2) is 5.96 Å². The standard InChI is InChI=1S/C12H16ClN5/c1-2-7-18(12(16)17-11(14)15)8-9-3-5-10(13)6-4-9/h2-6H,1,7-8H2,(H5,14,15,16,17). The predicted octanol–water partition coefficient (Wildman–Crippen LogP) is 1.54. The molecule has 0 heterocycles. The molecule has 1 rings (SSSR count). The summed E-state index contributed by atoms with van der Waals surface area (Å²) in [5, 5.41) is 8.45. The van der Waals surface area contributed by atoms with Crippen molar-refractivity contribution in [3.8, 4) is 0 Å². The molecule has 6 heteroatoms. The van der Waals surface area contributed by atoms with Gasteiger partial charge in [-0.3, -0.25) is 5.41 Å². The number of nitrogens with one attached hydrogen (secondary N) is 1. The minimum atomic E-state index is -0.134. The Labute approximate surface area is 111 Å². The van der Waals surface area contributed by atoms with Crippen LogP contribution in [0.1, 0.15) is 5.56 Å². The molecule has 0 unspecified atom stereocenters. The summed E-state index contributed by atoms with van der Waals surface area (Å²) in [4.78, 5) is 5.41. The van der Waals surface area contributed by atoms with Crippen LogP contribution in [-0.2, 0) is 6.54 Å². The fourth-order valence-corrected chi connectivity index (χ4v) is 1.51.